The third kappa shape index (κ3) is 4.70. The Morgan fingerprint density at radius 1 is 0.913 bits per heavy atom. The summed E-state index contributed by atoms with van der Waals surface area (Å²) in [5.74, 6) is -1.08. The molecule has 5 aliphatic rings. The molecule has 8 rings (SSSR count). The molecule has 3 N–H and O–H groups in total. The summed E-state index contributed by atoms with van der Waals surface area (Å²) in [4.78, 5) is 14.3. The van der Waals surface area contributed by atoms with E-state index in [1.54, 1.807) is 18.2 Å². The Hall–Kier alpha value is -3.63. The van der Waals surface area contributed by atoms with Gasteiger partial charge in [-0.15, -0.1) is 11.3 Å². The number of aliphatic hydroxyl groups excluding tert-OH is 2. The molecule has 1 aliphatic carbocycles. The van der Waals surface area contributed by atoms with Crippen LogP contribution in [0.25, 0.3) is 0 Å². The Morgan fingerprint density at radius 2 is 1.65 bits per heavy atom. The number of benzene rings is 2. The molecule has 3 fully saturated rings. The molecule has 0 bridgehead atoms. The molecule has 1 aromatic heterocycles. The first-order valence-corrected chi connectivity index (χ1v) is 15.8. The second-order valence-electron chi connectivity index (χ2n) is 11.8. The highest BCUT2D eigenvalue weighted by molar-refractivity contribution is 7.10. The number of esters is 1. The van der Waals surface area contributed by atoms with E-state index >= 15 is 0 Å². The first-order chi connectivity index (χ1) is 22.4. The van der Waals surface area contributed by atoms with Crippen molar-refractivity contribution in [2.24, 2.45) is 11.8 Å². The van der Waals surface area contributed by atoms with E-state index in [0.29, 0.717) is 28.2 Å². The zero-order chi connectivity index (χ0) is 31.7. The number of ether oxygens (including phenoxy) is 9. The van der Waals surface area contributed by atoms with Crippen molar-refractivity contribution in [1.29, 1.82) is 0 Å². The van der Waals surface area contributed by atoms with E-state index in [4.69, 9.17) is 42.6 Å². The predicted molar refractivity (Wildman–Crippen MR) is 156 cm³/mol. The number of aliphatic hydroxyl groups is 2. The summed E-state index contributed by atoms with van der Waals surface area (Å²) in [5, 5.41) is 35.0. The molecule has 244 valence electrons. The van der Waals surface area contributed by atoms with Gasteiger partial charge in [-0.3, -0.25) is 4.79 Å². The van der Waals surface area contributed by atoms with Crippen molar-refractivity contribution in [3.63, 3.8) is 0 Å². The van der Waals surface area contributed by atoms with E-state index in [-0.39, 0.29) is 37.3 Å². The van der Waals surface area contributed by atoms with Crippen molar-refractivity contribution in [2.45, 2.75) is 49.0 Å². The normalized spacial score (nSPS) is 34.3. The van der Waals surface area contributed by atoms with E-state index in [0.717, 1.165) is 4.88 Å². The van der Waals surface area contributed by atoms with Crippen LogP contribution < -0.4 is 18.9 Å². The number of phenolic OH excluding ortho intramolecular Hbond substituents is 1. The number of thiophene rings is 1. The molecule has 3 aromatic rings. The number of phenols is 1. The number of carbonyl (C=O) groups excluding carboxylic acids is 1. The minimum atomic E-state index is -1.47. The van der Waals surface area contributed by atoms with Crippen LogP contribution in [-0.4, -0.2) is 86.2 Å². The van der Waals surface area contributed by atoms with Crippen molar-refractivity contribution < 1.29 is 62.7 Å². The van der Waals surface area contributed by atoms with Gasteiger partial charge in [-0.25, -0.2) is 0 Å². The van der Waals surface area contributed by atoms with Crippen molar-refractivity contribution in [1.82, 2.24) is 0 Å². The molecule has 14 heteroatoms. The lowest BCUT2D eigenvalue weighted by atomic mass is 9.66. The largest absolute Gasteiger partial charge is 0.502 e. The topological polar surface area (TPSA) is 161 Å². The maximum absolute atomic E-state index is 13.5. The summed E-state index contributed by atoms with van der Waals surface area (Å²) < 4.78 is 52.6. The molecule has 0 radical (unpaired) electrons. The lowest BCUT2D eigenvalue weighted by molar-refractivity contribution is -0.368. The maximum Gasteiger partial charge on any atom is 0.310 e. The van der Waals surface area contributed by atoms with Gasteiger partial charge in [0.1, 0.15) is 24.4 Å². The summed E-state index contributed by atoms with van der Waals surface area (Å²) in [6.07, 6.45) is -7.16. The van der Waals surface area contributed by atoms with Gasteiger partial charge in [-0.2, -0.15) is 0 Å². The Balaban J connectivity index is 1.16. The number of carbonyl (C=O) groups is 1. The number of rotatable bonds is 6. The second-order valence-corrected chi connectivity index (χ2v) is 12.7. The summed E-state index contributed by atoms with van der Waals surface area (Å²) in [5.41, 5.74) is 2.00. The van der Waals surface area contributed by atoms with Crippen LogP contribution in [0.5, 0.6) is 28.7 Å². The molecule has 10 atom stereocenters. The maximum atomic E-state index is 13.5. The zero-order valence-corrected chi connectivity index (χ0v) is 25.6. The number of aromatic hydroxyl groups is 1. The van der Waals surface area contributed by atoms with Gasteiger partial charge in [-0.05, 0) is 52.4 Å². The number of methoxy groups -OCH3 is 2. The minimum Gasteiger partial charge on any atom is -0.502 e. The first-order valence-electron chi connectivity index (χ1n) is 14.9. The fourth-order valence-electron chi connectivity index (χ4n) is 7.18. The van der Waals surface area contributed by atoms with Crippen LogP contribution in [0.1, 0.15) is 39.9 Å². The molecule has 3 saturated heterocycles. The number of cyclic esters (lactones) is 1. The Labute approximate surface area is 267 Å². The van der Waals surface area contributed by atoms with Gasteiger partial charge in [0.15, 0.2) is 35.6 Å². The van der Waals surface area contributed by atoms with Crippen LogP contribution in [0.4, 0.5) is 0 Å². The SMILES string of the molecule is COc1cc(C2c3cc4c(cc3[C@@H](O[C@@H]3OC5COC(c6cccs6)O[C@H]5C(O)C3O)[C@H]3COC(=O)C23)OCO4)cc(OC)c1O. The molecule has 6 unspecified atom stereocenters. The van der Waals surface area contributed by atoms with Gasteiger partial charge in [0.2, 0.25) is 12.5 Å². The minimum absolute atomic E-state index is 0.0242. The van der Waals surface area contributed by atoms with E-state index in [9.17, 15) is 20.1 Å². The highest BCUT2D eigenvalue weighted by Crippen LogP contribution is 2.57. The van der Waals surface area contributed by atoms with Crippen molar-refractivity contribution >= 4 is 17.3 Å². The molecule has 0 spiro atoms. The molecule has 5 heterocycles. The summed E-state index contributed by atoms with van der Waals surface area (Å²) in [6.45, 7) is 0.171. The van der Waals surface area contributed by atoms with Crippen molar-refractivity contribution in [3.8, 4) is 28.7 Å². The van der Waals surface area contributed by atoms with Gasteiger partial charge in [-0.1, -0.05) is 6.07 Å². The number of fused-ring (bicyclic) bond motifs is 4. The number of hydrogen-bond acceptors (Lipinski definition) is 14. The lowest BCUT2D eigenvalue weighted by Gasteiger charge is -2.48. The molecule has 0 saturated carbocycles. The highest BCUT2D eigenvalue weighted by atomic mass is 32.1. The lowest BCUT2D eigenvalue weighted by Crippen LogP contribution is -2.62. The fraction of sp³-hybridized carbons (Fsp3) is 0.469. The van der Waals surface area contributed by atoms with Crippen LogP contribution in [0.15, 0.2) is 41.8 Å². The van der Waals surface area contributed by atoms with Crippen LogP contribution in [0, 0.1) is 11.8 Å². The Morgan fingerprint density at radius 3 is 2.35 bits per heavy atom. The molecule has 46 heavy (non-hydrogen) atoms. The molecular weight excluding hydrogens is 624 g/mol. The van der Waals surface area contributed by atoms with Crippen LogP contribution in [0.2, 0.25) is 0 Å². The van der Waals surface area contributed by atoms with Gasteiger partial charge < -0.3 is 58.0 Å². The quantitative estimate of drug-likeness (QED) is 0.333. The van der Waals surface area contributed by atoms with Crippen LogP contribution in [0.3, 0.4) is 0 Å². The van der Waals surface area contributed by atoms with Crippen molar-refractivity contribution in [2.75, 3.05) is 34.2 Å². The fourth-order valence-corrected chi connectivity index (χ4v) is 7.89. The highest BCUT2D eigenvalue weighted by Gasteiger charge is 2.56. The zero-order valence-electron chi connectivity index (χ0n) is 24.8. The van der Waals surface area contributed by atoms with Gasteiger partial charge in [0.05, 0.1) is 44.3 Å². The average Bonchev–Trinajstić information content (AvgIpc) is 3.85. The van der Waals surface area contributed by atoms with Gasteiger partial charge in [0.25, 0.3) is 0 Å². The van der Waals surface area contributed by atoms with E-state index in [1.165, 1.54) is 25.6 Å². The van der Waals surface area contributed by atoms with Gasteiger partial charge in [0, 0.05) is 11.8 Å². The van der Waals surface area contributed by atoms with E-state index in [1.807, 2.05) is 23.6 Å². The Bertz CT molecular complexity index is 1600. The summed E-state index contributed by atoms with van der Waals surface area (Å²) in [7, 11) is 2.86. The Kier molecular flexibility index (Phi) is 7.48. The standard InChI is InChI=1S/C32H32O13S/c1-37-19-6-13(7-20(38-2)25(19)33)23-14-8-17-18(42-12-41-17)9-15(14)28(16-10-39-30(36)24(16)23)44-32-27(35)26(34)29-21(43-32)11-40-31(45-29)22-4-3-5-46-22/h3-9,16,21,23-24,26-29,31-35H,10-12H2,1-2H3/t16-,21?,23?,24?,26?,27?,28+,29+,31?,32-/m0/s1. The van der Waals surface area contributed by atoms with Crippen LogP contribution >= 0.6 is 11.3 Å². The predicted octanol–water partition coefficient (Wildman–Crippen LogP) is 2.75. The summed E-state index contributed by atoms with van der Waals surface area (Å²) >= 11 is 1.46. The molecule has 2 aromatic carbocycles. The smallest absolute Gasteiger partial charge is 0.310 e. The molecule has 0 amide bonds. The van der Waals surface area contributed by atoms with E-state index < -0.39 is 66.8 Å². The molecule has 4 aliphatic heterocycles. The monoisotopic (exact) mass is 656 g/mol. The van der Waals surface area contributed by atoms with Crippen LogP contribution in [-0.2, 0) is 28.5 Å². The number of hydrogen-bond donors (Lipinski definition) is 3. The average molecular weight is 657 g/mol. The van der Waals surface area contributed by atoms with E-state index in [2.05, 4.69) is 0 Å². The summed E-state index contributed by atoms with van der Waals surface area (Å²) in [6, 6.07) is 10.7. The molecular formula is C32H32O13S. The molecule has 13 nitrogen and oxygen atoms in total. The second kappa shape index (κ2) is 11.6. The third-order valence-electron chi connectivity index (χ3n) is 9.37. The first kappa shape index (κ1) is 29.8. The third-order valence-corrected chi connectivity index (χ3v) is 10.3. The van der Waals surface area contributed by atoms with Crippen molar-refractivity contribution in [3.05, 3.63) is 63.3 Å². The van der Waals surface area contributed by atoms with Gasteiger partial charge >= 0.3 is 5.97 Å².